The van der Waals surface area contributed by atoms with Gasteiger partial charge in [-0.15, -0.1) is 0 Å². The number of likely N-dealkylation sites (tertiary alicyclic amines) is 1. The van der Waals surface area contributed by atoms with Crippen LogP contribution < -0.4 is 10.1 Å². The van der Waals surface area contributed by atoms with E-state index >= 15 is 0 Å². The summed E-state index contributed by atoms with van der Waals surface area (Å²) in [7, 11) is 0. The number of nitrogens with one attached hydrogen (secondary N) is 1. The molecule has 0 aliphatic carbocycles. The van der Waals surface area contributed by atoms with Gasteiger partial charge in [0.2, 0.25) is 0 Å². The summed E-state index contributed by atoms with van der Waals surface area (Å²) in [6, 6.07) is 11.6. The van der Waals surface area contributed by atoms with E-state index in [-0.39, 0.29) is 6.04 Å². The molecule has 0 bridgehead atoms. The van der Waals surface area contributed by atoms with Crippen LogP contribution in [0.5, 0.6) is 5.75 Å². The summed E-state index contributed by atoms with van der Waals surface area (Å²) in [5, 5.41) is 3.35. The van der Waals surface area contributed by atoms with Crippen molar-refractivity contribution in [2.24, 2.45) is 0 Å². The van der Waals surface area contributed by atoms with Crippen LogP contribution in [0.2, 0.25) is 0 Å². The fourth-order valence-electron chi connectivity index (χ4n) is 3.09. The normalized spacial score (nSPS) is 18.2. The fraction of sp³-hybridized carbons (Fsp3) is 0.421. The van der Waals surface area contributed by atoms with Gasteiger partial charge in [-0.3, -0.25) is 9.88 Å². The molecule has 0 unspecified atom stereocenters. The number of pyridine rings is 1. The average Bonchev–Trinajstić information content (AvgIpc) is 3.05. The quantitative estimate of drug-likeness (QED) is 0.816. The number of ether oxygens (including phenoxy) is 1. The van der Waals surface area contributed by atoms with Gasteiger partial charge in [0, 0.05) is 49.2 Å². The minimum atomic E-state index is -4.14. The molecule has 0 radical (unpaired) electrons. The van der Waals surface area contributed by atoms with Crippen molar-refractivity contribution < 1.29 is 17.9 Å². The number of halogens is 3. The highest BCUT2D eigenvalue weighted by Crippen LogP contribution is 2.22. The Morgan fingerprint density at radius 1 is 1.19 bits per heavy atom. The molecule has 1 aromatic carbocycles. The summed E-state index contributed by atoms with van der Waals surface area (Å²) in [5.74, 6) is 0.772. The Labute approximate surface area is 151 Å². The van der Waals surface area contributed by atoms with Crippen LogP contribution in [0.25, 0.3) is 0 Å². The van der Waals surface area contributed by atoms with Crippen LogP contribution in [0.4, 0.5) is 13.2 Å². The monoisotopic (exact) mass is 365 g/mol. The molecule has 3 rings (SSSR count). The molecule has 140 valence electrons. The lowest BCUT2D eigenvalue weighted by Crippen LogP contribution is -2.36. The highest BCUT2D eigenvalue weighted by molar-refractivity contribution is 5.33. The van der Waals surface area contributed by atoms with Crippen molar-refractivity contribution in [2.45, 2.75) is 31.8 Å². The van der Waals surface area contributed by atoms with Gasteiger partial charge in [-0.2, -0.15) is 13.2 Å². The first-order chi connectivity index (χ1) is 12.5. The molecule has 1 aliphatic rings. The van der Waals surface area contributed by atoms with Crippen molar-refractivity contribution in [1.82, 2.24) is 15.2 Å². The molecular weight excluding hydrogens is 343 g/mol. The molecule has 4 nitrogen and oxygen atoms in total. The van der Waals surface area contributed by atoms with E-state index in [0.717, 1.165) is 23.3 Å². The number of benzene rings is 1. The summed E-state index contributed by atoms with van der Waals surface area (Å²) in [6.45, 7) is 1.03. The molecular formula is C19H22F3N3O. The second-order valence-corrected chi connectivity index (χ2v) is 6.47. The van der Waals surface area contributed by atoms with Crippen LogP contribution in [0.1, 0.15) is 17.5 Å². The lowest BCUT2D eigenvalue weighted by atomic mass is 10.1. The van der Waals surface area contributed by atoms with Gasteiger partial charge in [-0.1, -0.05) is 24.3 Å². The third-order valence-corrected chi connectivity index (χ3v) is 4.35. The Morgan fingerprint density at radius 3 is 2.81 bits per heavy atom. The van der Waals surface area contributed by atoms with Crippen molar-refractivity contribution in [3.8, 4) is 5.75 Å². The van der Waals surface area contributed by atoms with E-state index in [2.05, 4.69) is 10.3 Å². The van der Waals surface area contributed by atoms with E-state index in [0.29, 0.717) is 26.2 Å². The number of para-hydroxylation sites is 1. The maximum absolute atomic E-state index is 12.5. The lowest BCUT2D eigenvalue weighted by molar-refractivity contribution is -0.143. The molecule has 1 aromatic heterocycles. The number of rotatable bonds is 7. The smallest absolute Gasteiger partial charge is 0.401 e. The van der Waals surface area contributed by atoms with Gasteiger partial charge < -0.3 is 10.1 Å². The fourth-order valence-corrected chi connectivity index (χ4v) is 3.09. The Hall–Kier alpha value is -2.12. The van der Waals surface area contributed by atoms with Crippen LogP contribution in [-0.4, -0.2) is 41.7 Å². The summed E-state index contributed by atoms with van der Waals surface area (Å²) in [6.07, 6.45) is 0.0517. The first kappa shape index (κ1) is 18.7. The second kappa shape index (κ2) is 8.51. The van der Waals surface area contributed by atoms with Gasteiger partial charge in [0.1, 0.15) is 12.4 Å². The first-order valence-electron chi connectivity index (χ1n) is 8.62. The maximum atomic E-state index is 12.5. The van der Waals surface area contributed by atoms with Crippen molar-refractivity contribution in [2.75, 3.05) is 19.6 Å². The lowest BCUT2D eigenvalue weighted by Gasteiger charge is -2.19. The molecule has 0 amide bonds. The van der Waals surface area contributed by atoms with Crippen molar-refractivity contribution >= 4 is 0 Å². The number of hydrogen-bond acceptors (Lipinski definition) is 4. The maximum Gasteiger partial charge on any atom is 0.401 e. The summed E-state index contributed by atoms with van der Waals surface area (Å²) in [5.41, 5.74) is 1.97. The summed E-state index contributed by atoms with van der Waals surface area (Å²) < 4.78 is 43.3. The molecule has 7 heteroatoms. The summed E-state index contributed by atoms with van der Waals surface area (Å²) in [4.78, 5) is 5.51. The van der Waals surface area contributed by atoms with Gasteiger partial charge in [-0.25, -0.2) is 0 Å². The van der Waals surface area contributed by atoms with E-state index in [4.69, 9.17) is 4.74 Å². The Bertz CT molecular complexity index is 694. The van der Waals surface area contributed by atoms with Crippen molar-refractivity contribution in [3.05, 3.63) is 59.9 Å². The average molecular weight is 365 g/mol. The van der Waals surface area contributed by atoms with Gasteiger partial charge in [0.15, 0.2) is 0 Å². The number of nitrogens with zero attached hydrogens (tertiary/aromatic N) is 2. The van der Waals surface area contributed by atoms with E-state index in [1.165, 1.54) is 4.90 Å². The second-order valence-electron chi connectivity index (χ2n) is 6.47. The molecule has 1 N–H and O–H groups in total. The van der Waals surface area contributed by atoms with Crippen LogP contribution in [0.15, 0.2) is 48.8 Å². The topological polar surface area (TPSA) is 37.4 Å². The largest absolute Gasteiger partial charge is 0.489 e. The molecule has 26 heavy (non-hydrogen) atoms. The van der Waals surface area contributed by atoms with Crippen LogP contribution in [0, 0.1) is 0 Å². The molecule has 2 aromatic rings. The molecule has 1 aliphatic heterocycles. The molecule has 2 heterocycles. The predicted octanol–water partition coefficient (Wildman–Crippen LogP) is 3.39. The van der Waals surface area contributed by atoms with Crippen molar-refractivity contribution in [3.63, 3.8) is 0 Å². The third-order valence-electron chi connectivity index (χ3n) is 4.35. The highest BCUT2D eigenvalue weighted by Gasteiger charge is 2.34. The zero-order valence-corrected chi connectivity index (χ0v) is 14.4. The number of hydrogen-bond donors (Lipinski definition) is 1. The van der Waals surface area contributed by atoms with Crippen LogP contribution in [0.3, 0.4) is 0 Å². The molecule has 0 spiro atoms. The zero-order valence-electron chi connectivity index (χ0n) is 14.4. The number of aromatic nitrogens is 1. The minimum absolute atomic E-state index is 0.0590. The van der Waals surface area contributed by atoms with Crippen molar-refractivity contribution in [1.29, 1.82) is 0 Å². The minimum Gasteiger partial charge on any atom is -0.489 e. The zero-order chi connectivity index (χ0) is 18.4. The SMILES string of the molecule is FC(F)(F)CN1CC[C@H](NCc2ccccc2OCc2cccnc2)C1. The van der Waals surface area contributed by atoms with E-state index in [1.54, 1.807) is 12.4 Å². The van der Waals surface area contributed by atoms with Gasteiger partial charge in [-0.05, 0) is 18.6 Å². The number of alkyl halides is 3. The Kier molecular flexibility index (Phi) is 6.11. The molecule has 1 fully saturated rings. The molecule has 1 atom stereocenters. The molecule has 0 saturated carbocycles. The van der Waals surface area contributed by atoms with Gasteiger partial charge >= 0.3 is 6.18 Å². The first-order valence-corrected chi connectivity index (χ1v) is 8.62. The third kappa shape index (κ3) is 5.71. The predicted molar refractivity (Wildman–Crippen MR) is 92.8 cm³/mol. The van der Waals surface area contributed by atoms with Crippen LogP contribution in [-0.2, 0) is 13.2 Å². The Morgan fingerprint density at radius 2 is 2.04 bits per heavy atom. The van der Waals surface area contributed by atoms with Gasteiger partial charge in [0.05, 0.1) is 6.54 Å². The molecule has 1 saturated heterocycles. The summed E-state index contributed by atoms with van der Waals surface area (Å²) >= 11 is 0. The van der Waals surface area contributed by atoms with Gasteiger partial charge in [0.25, 0.3) is 0 Å². The standard InChI is InChI=1S/C19H22F3N3O/c20-19(21,22)14-25-9-7-17(12-25)24-11-16-5-1-2-6-18(16)26-13-15-4-3-8-23-10-15/h1-6,8,10,17,24H,7,9,11-14H2/t17-/m0/s1. The highest BCUT2D eigenvalue weighted by atomic mass is 19.4. The van der Waals surface area contributed by atoms with E-state index < -0.39 is 12.7 Å². The Balaban J connectivity index is 1.51. The van der Waals surface area contributed by atoms with E-state index in [1.807, 2.05) is 36.4 Å². The van der Waals surface area contributed by atoms with E-state index in [9.17, 15) is 13.2 Å². The van der Waals surface area contributed by atoms with Crippen LogP contribution >= 0.6 is 0 Å².